The Balaban J connectivity index is 2.67. The minimum absolute atomic E-state index is 0.0209. The first kappa shape index (κ1) is 13.8. The molecule has 0 aliphatic heterocycles. The summed E-state index contributed by atoms with van der Waals surface area (Å²) in [4.78, 5) is 21.2. The quantitative estimate of drug-likeness (QED) is 0.348. The molecule has 1 atom stereocenters. The Morgan fingerprint density at radius 1 is 1.44 bits per heavy atom. The molecule has 18 heavy (non-hydrogen) atoms. The van der Waals surface area contributed by atoms with Gasteiger partial charge in [-0.3, -0.25) is 10.1 Å². The largest absolute Gasteiger partial charge is 0.464 e. The molecule has 0 fully saturated rings. The number of rotatable bonds is 5. The minimum atomic E-state index is -0.694. The molecule has 0 amide bonds. The van der Waals surface area contributed by atoms with E-state index in [2.05, 4.69) is 10.2 Å². The van der Waals surface area contributed by atoms with Crippen LogP contribution in [0.4, 0.5) is 11.4 Å². The fourth-order valence-corrected chi connectivity index (χ4v) is 1.10. The van der Waals surface area contributed by atoms with Gasteiger partial charge in [0.1, 0.15) is 0 Å². The normalized spacial score (nSPS) is 12.3. The molecule has 7 heteroatoms. The molecule has 0 N–H and O–H groups in total. The highest BCUT2D eigenvalue weighted by Gasteiger charge is 2.12. The highest BCUT2D eigenvalue weighted by Crippen LogP contribution is 2.18. The van der Waals surface area contributed by atoms with Crippen LogP contribution in [0, 0.1) is 10.1 Å². The summed E-state index contributed by atoms with van der Waals surface area (Å²) in [5, 5.41) is 18.0. The van der Waals surface area contributed by atoms with Gasteiger partial charge in [0.15, 0.2) is 6.04 Å². The van der Waals surface area contributed by atoms with Crippen molar-refractivity contribution in [2.45, 2.75) is 19.9 Å². The summed E-state index contributed by atoms with van der Waals surface area (Å²) in [6, 6.07) is 4.87. The predicted molar refractivity (Wildman–Crippen MR) is 63.7 cm³/mol. The Bertz CT molecular complexity index is 456. The first-order chi connectivity index (χ1) is 8.54. The van der Waals surface area contributed by atoms with Gasteiger partial charge in [0.05, 0.1) is 17.2 Å². The van der Waals surface area contributed by atoms with Crippen molar-refractivity contribution in [3.05, 3.63) is 34.4 Å². The third kappa shape index (κ3) is 3.93. The average Bonchev–Trinajstić information content (AvgIpc) is 2.36. The number of benzene rings is 1. The van der Waals surface area contributed by atoms with Crippen LogP contribution in [0.1, 0.15) is 13.8 Å². The SMILES string of the molecule is CCOC(=O)C(C)N=Nc1ccc([N+](=O)[O-])cc1. The Morgan fingerprint density at radius 2 is 2.06 bits per heavy atom. The maximum atomic E-state index is 11.2. The Hall–Kier alpha value is -2.31. The molecular formula is C11H13N3O4. The monoisotopic (exact) mass is 251 g/mol. The molecule has 0 aliphatic rings. The van der Waals surface area contributed by atoms with Crippen molar-refractivity contribution >= 4 is 17.3 Å². The average molecular weight is 251 g/mol. The topological polar surface area (TPSA) is 94.2 Å². The molecule has 1 unspecified atom stereocenters. The first-order valence-corrected chi connectivity index (χ1v) is 5.36. The van der Waals surface area contributed by atoms with Gasteiger partial charge in [0.25, 0.3) is 5.69 Å². The zero-order valence-corrected chi connectivity index (χ0v) is 10.1. The smallest absolute Gasteiger partial charge is 0.332 e. The van der Waals surface area contributed by atoms with Crippen molar-refractivity contribution < 1.29 is 14.5 Å². The number of azo groups is 1. The third-order valence-corrected chi connectivity index (χ3v) is 2.03. The van der Waals surface area contributed by atoms with Crippen LogP contribution in [0.25, 0.3) is 0 Å². The zero-order chi connectivity index (χ0) is 13.5. The predicted octanol–water partition coefficient (Wildman–Crippen LogP) is 2.63. The lowest BCUT2D eigenvalue weighted by atomic mass is 10.3. The van der Waals surface area contributed by atoms with Crippen LogP contribution in [-0.4, -0.2) is 23.5 Å². The van der Waals surface area contributed by atoms with Gasteiger partial charge in [-0.1, -0.05) is 0 Å². The van der Waals surface area contributed by atoms with Gasteiger partial charge >= 0.3 is 5.97 Å². The molecule has 0 spiro atoms. The van der Waals surface area contributed by atoms with Gasteiger partial charge in [-0.25, -0.2) is 4.79 Å². The van der Waals surface area contributed by atoms with Crippen LogP contribution in [0.15, 0.2) is 34.5 Å². The summed E-state index contributed by atoms with van der Waals surface area (Å²) in [6.07, 6.45) is 0. The van der Waals surface area contributed by atoms with Crippen molar-refractivity contribution in [1.82, 2.24) is 0 Å². The number of nitrogens with zero attached hydrogens (tertiary/aromatic N) is 3. The van der Waals surface area contributed by atoms with Crippen LogP contribution in [0.2, 0.25) is 0 Å². The van der Waals surface area contributed by atoms with Crippen LogP contribution in [0.3, 0.4) is 0 Å². The van der Waals surface area contributed by atoms with Gasteiger partial charge in [-0.05, 0) is 26.0 Å². The molecule has 96 valence electrons. The van der Waals surface area contributed by atoms with Gasteiger partial charge in [-0.2, -0.15) is 10.2 Å². The van der Waals surface area contributed by atoms with Crippen molar-refractivity contribution in [2.24, 2.45) is 10.2 Å². The number of carbonyl (C=O) groups excluding carboxylic acids is 1. The maximum absolute atomic E-state index is 11.2. The van der Waals surface area contributed by atoms with Crippen molar-refractivity contribution in [1.29, 1.82) is 0 Å². The maximum Gasteiger partial charge on any atom is 0.332 e. The summed E-state index contributed by atoms with van der Waals surface area (Å²) in [7, 11) is 0. The van der Waals surface area contributed by atoms with Crippen molar-refractivity contribution in [3.8, 4) is 0 Å². The fourth-order valence-electron chi connectivity index (χ4n) is 1.10. The second kappa shape index (κ2) is 6.43. The molecule has 1 aromatic carbocycles. The molecule has 0 aromatic heterocycles. The lowest BCUT2D eigenvalue weighted by Crippen LogP contribution is -2.17. The summed E-state index contributed by atoms with van der Waals surface area (Å²) in [6.45, 7) is 3.56. The number of nitro groups is 1. The van der Waals surface area contributed by atoms with E-state index in [9.17, 15) is 14.9 Å². The number of nitro benzene ring substituents is 1. The lowest BCUT2D eigenvalue weighted by molar-refractivity contribution is -0.384. The van der Waals surface area contributed by atoms with Gasteiger partial charge in [0.2, 0.25) is 0 Å². The number of hydrogen-bond acceptors (Lipinski definition) is 6. The molecule has 0 radical (unpaired) electrons. The fraction of sp³-hybridized carbons (Fsp3) is 0.364. The molecule has 0 heterocycles. The molecule has 0 saturated carbocycles. The van der Waals surface area contributed by atoms with E-state index < -0.39 is 16.9 Å². The van der Waals surface area contributed by atoms with Gasteiger partial charge in [-0.15, -0.1) is 0 Å². The van der Waals surface area contributed by atoms with Crippen LogP contribution < -0.4 is 0 Å². The molecule has 1 aromatic rings. The number of non-ortho nitro benzene ring substituents is 1. The van der Waals surface area contributed by atoms with Crippen LogP contribution >= 0.6 is 0 Å². The van der Waals surface area contributed by atoms with E-state index in [1.165, 1.54) is 24.3 Å². The van der Waals surface area contributed by atoms with Crippen LogP contribution in [0.5, 0.6) is 0 Å². The second-order valence-corrected chi connectivity index (χ2v) is 3.42. The molecule has 0 saturated heterocycles. The van der Waals surface area contributed by atoms with E-state index in [-0.39, 0.29) is 12.3 Å². The van der Waals surface area contributed by atoms with Gasteiger partial charge in [0, 0.05) is 12.1 Å². The van der Waals surface area contributed by atoms with E-state index >= 15 is 0 Å². The Morgan fingerprint density at radius 3 is 2.56 bits per heavy atom. The Kier molecular flexibility index (Phi) is 4.91. The van der Waals surface area contributed by atoms with Crippen molar-refractivity contribution in [3.63, 3.8) is 0 Å². The lowest BCUT2D eigenvalue weighted by Gasteiger charge is -2.03. The molecule has 0 bridgehead atoms. The third-order valence-electron chi connectivity index (χ3n) is 2.03. The number of hydrogen-bond donors (Lipinski definition) is 0. The summed E-state index contributed by atoms with van der Waals surface area (Å²) in [5.41, 5.74) is 0.420. The number of esters is 1. The number of ether oxygens (including phenoxy) is 1. The molecule has 7 nitrogen and oxygen atoms in total. The van der Waals surface area contributed by atoms with Crippen molar-refractivity contribution in [2.75, 3.05) is 6.61 Å². The van der Waals surface area contributed by atoms with E-state index in [0.717, 1.165) is 0 Å². The van der Waals surface area contributed by atoms with E-state index in [1.54, 1.807) is 13.8 Å². The Labute approximate surface area is 104 Å². The first-order valence-electron chi connectivity index (χ1n) is 5.36. The summed E-state index contributed by atoms with van der Waals surface area (Å²) < 4.78 is 4.76. The van der Waals surface area contributed by atoms with Crippen LogP contribution in [-0.2, 0) is 9.53 Å². The number of carbonyl (C=O) groups is 1. The molecule has 0 aliphatic carbocycles. The highest BCUT2D eigenvalue weighted by molar-refractivity contribution is 5.75. The molecular weight excluding hydrogens is 238 g/mol. The van der Waals surface area contributed by atoms with E-state index in [0.29, 0.717) is 5.69 Å². The van der Waals surface area contributed by atoms with Gasteiger partial charge < -0.3 is 4.74 Å². The van der Waals surface area contributed by atoms with E-state index in [1.807, 2.05) is 0 Å². The summed E-state index contributed by atoms with van der Waals surface area (Å²) in [5.74, 6) is -0.455. The standard InChI is InChI=1S/C11H13N3O4/c1-3-18-11(15)8(2)12-13-9-4-6-10(7-5-9)14(16)17/h4-8H,3H2,1-2H3. The minimum Gasteiger partial charge on any atom is -0.464 e. The second-order valence-electron chi connectivity index (χ2n) is 3.42. The highest BCUT2D eigenvalue weighted by atomic mass is 16.6. The summed E-state index contributed by atoms with van der Waals surface area (Å²) >= 11 is 0. The zero-order valence-electron chi connectivity index (χ0n) is 10.1. The molecule has 1 rings (SSSR count). The van der Waals surface area contributed by atoms with E-state index in [4.69, 9.17) is 4.74 Å².